The Balaban J connectivity index is 2.30. The molecule has 0 saturated heterocycles. The van der Waals surface area contributed by atoms with Gasteiger partial charge in [0.1, 0.15) is 11.7 Å². The average Bonchev–Trinajstić information content (AvgIpc) is 2.74. The quantitative estimate of drug-likeness (QED) is 0.695. The monoisotopic (exact) mass is 258 g/mol. The number of aromatic hydroxyl groups is 1. The van der Waals surface area contributed by atoms with Crippen LogP contribution in [-0.4, -0.2) is 21.8 Å². The van der Waals surface area contributed by atoms with E-state index >= 15 is 0 Å². The lowest BCUT2D eigenvalue weighted by atomic mass is 9.88. The molecule has 1 aliphatic carbocycles. The second kappa shape index (κ2) is 3.80. The molecule has 0 radical (unpaired) electrons. The third-order valence-electron chi connectivity index (χ3n) is 3.14. The lowest BCUT2D eigenvalue weighted by Crippen LogP contribution is -2.18. The van der Waals surface area contributed by atoms with Crippen LogP contribution in [0.3, 0.4) is 0 Å². The van der Waals surface area contributed by atoms with Gasteiger partial charge in [0.05, 0.1) is 0 Å². The van der Waals surface area contributed by atoms with Gasteiger partial charge in [-0.05, 0) is 6.92 Å². The number of rotatable bonds is 1. The van der Waals surface area contributed by atoms with Crippen LogP contribution in [0.5, 0.6) is 5.75 Å². The second-order valence-corrected chi connectivity index (χ2v) is 4.40. The summed E-state index contributed by atoms with van der Waals surface area (Å²) in [5.41, 5.74) is 0.304. The van der Waals surface area contributed by atoms with Crippen LogP contribution in [0.15, 0.2) is 28.7 Å². The number of furan rings is 1. The summed E-state index contributed by atoms with van der Waals surface area (Å²) in [6, 6.07) is 6.34. The van der Waals surface area contributed by atoms with Crippen molar-refractivity contribution >= 4 is 11.6 Å². The summed E-state index contributed by atoms with van der Waals surface area (Å²) in [7, 11) is 0. The van der Waals surface area contributed by atoms with E-state index in [1.165, 1.54) is 19.1 Å². The zero-order valence-corrected chi connectivity index (χ0v) is 10.0. The van der Waals surface area contributed by atoms with Crippen molar-refractivity contribution in [3.63, 3.8) is 0 Å². The fraction of sp³-hybridized carbons (Fsp3) is 0.143. The zero-order valence-electron chi connectivity index (χ0n) is 10.0. The Morgan fingerprint density at radius 3 is 2.26 bits per heavy atom. The van der Waals surface area contributed by atoms with Gasteiger partial charge in [0.25, 0.3) is 0 Å². The molecule has 3 rings (SSSR count). The predicted molar refractivity (Wildman–Crippen MR) is 64.3 cm³/mol. The molecule has 0 saturated carbocycles. The van der Waals surface area contributed by atoms with E-state index in [-0.39, 0.29) is 28.2 Å². The van der Waals surface area contributed by atoms with Crippen LogP contribution in [0.4, 0.5) is 0 Å². The highest BCUT2D eigenvalue weighted by molar-refractivity contribution is 6.28. The Morgan fingerprint density at radius 1 is 1.11 bits per heavy atom. The number of ketones is 2. The third kappa shape index (κ3) is 1.45. The highest BCUT2D eigenvalue weighted by Gasteiger charge is 2.38. The maximum atomic E-state index is 12.3. The van der Waals surface area contributed by atoms with E-state index in [4.69, 9.17) is 4.42 Å². The number of aliphatic hydroxyl groups excluding tert-OH is 1. The Morgan fingerprint density at radius 2 is 1.68 bits per heavy atom. The molecule has 1 unspecified atom stereocenters. The molecular formula is C14H10O5. The molecule has 19 heavy (non-hydrogen) atoms. The standard InChI is InChI=1S/C14H10O5/c1-6(15)13-12(18)9-10(16)7-4-2-3-5-8(7)11(17)14(9)19-13/h2-6,15,18H,1H3. The predicted octanol–water partition coefficient (Wildman–Crippen LogP) is 1.81. The van der Waals surface area contributed by atoms with Crippen molar-refractivity contribution < 1.29 is 24.2 Å². The van der Waals surface area contributed by atoms with E-state index in [2.05, 4.69) is 0 Å². The molecule has 0 spiro atoms. The summed E-state index contributed by atoms with van der Waals surface area (Å²) >= 11 is 0. The van der Waals surface area contributed by atoms with Crippen molar-refractivity contribution in [1.29, 1.82) is 0 Å². The molecule has 2 N–H and O–H groups in total. The van der Waals surface area contributed by atoms with Crippen LogP contribution in [0.25, 0.3) is 0 Å². The number of benzene rings is 1. The number of carbonyl (C=O) groups is 2. The van der Waals surface area contributed by atoms with E-state index in [1.807, 2.05) is 0 Å². The van der Waals surface area contributed by atoms with Crippen molar-refractivity contribution in [2.75, 3.05) is 0 Å². The van der Waals surface area contributed by atoms with Gasteiger partial charge in [0.15, 0.2) is 17.3 Å². The minimum Gasteiger partial charge on any atom is -0.504 e. The highest BCUT2D eigenvalue weighted by atomic mass is 16.4. The van der Waals surface area contributed by atoms with Gasteiger partial charge < -0.3 is 14.6 Å². The molecule has 0 amide bonds. The molecule has 2 aromatic rings. The second-order valence-electron chi connectivity index (χ2n) is 4.40. The maximum absolute atomic E-state index is 12.3. The third-order valence-corrected chi connectivity index (χ3v) is 3.14. The van der Waals surface area contributed by atoms with Gasteiger partial charge in [-0.15, -0.1) is 0 Å². The smallest absolute Gasteiger partial charge is 0.229 e. The van der Waals surface area contributed by atoms with Gasteiger partial charge >= 0.3 is 0 Å². The van der Waals surface area contributed by atoms with E-state index < -0.39 is 23.4 Å². The first-order valence-electron chi connectivity index (χ1n) is 5.74. The molecular weight excluding hydrogens is 248 g/mol. The summed E-state index contributed by atoms with van der Waals surface area (Å²) in [4.78, 5) is 24.5. The molecule has 1 aromatic carbocycles. The Hall–Kier alpha value is -2.40. The molecule has 0 aliphatic heterocycles. The number of fused-ring (bicyclic) bond motifs is 2. The molecule has 5 nitrogen and oxygen atoms in total. The van der Waals surface area contributed by atoms with E-state index in [1.54, 1.807) is 12.1 Å². The van der Waals surface area contributed by atoms with E-state index in [9.17, 15) is 19.8 Å². The van der Waals surface area contributed by atoms with Crippen LogP contribution < -0.4 is 0 Å². The van der Waals surface area contributed by atoms with E-state index in [0.29, 0.717) is 0 Å². The van der Waals surface area contributed by atoms with E-state index in [0.717, 1.165) is 0 Å². The van der Waals surface area contributed by atoms with Crippen LogP contribution in [0.1, 0.15) is 50.8 Å². The SMILES string of the molecule is CC(O)c1oc2c(c1O)C(=O)c1ccccc1C2=O. The zero-order chi connectivity index (χ0) is 13.7. The summed E-state index contributed by atoms with van der Waals surface area (Å²) in [6.45, 7) is 1.38. The van der Waals surface area contributed by atoms with Crippen molar-refractivity contribution in [3.8, 4) is 5.75 Å². The molecule has 1 heterocycles. The molecule has 1 aliphatic rings. The molecule has 96 valence electrons. The lowest BCUT2D eigenvalue weighted by molar-refractivity contribution is 0.0953. The highest BCUT2D eigenvalue weighted by Crippen LogP contribution is 2.39. The molecule has 1 aromatic heterocycles. The average molecular weight is 258 g/mol. The number of aliphatic hydroxyl groups is 1. The first kappa shape index (κ1) is 11.7. The fourth-order valence-corrected chi connectivity index (χ4v) is 2.23. The minimum absolute atomic E-state index is 0.167. The topological polar surface area (TPSA) is 87.7 Å². The normalized spacial score (nSPS) is 15.1. The van der Waals surface area contributed by atoms with Gasteiger partial charge in [0, 0.05) is 11.1 Å². The van der Waals surface area contributed by atoms with Crippen molar-refractivity contribution in [2.24, 2.45) is 0 Å². The van der Waals surface area contributed by atoms with Crippen LogP contribution in [-0.2, 0) is 0 Å². The van der Waals surface area contributed by atoms with Crippen LogP contribution >= 0.6 is 0 Å². The Kier molecular flexibility index (Phi) is 2.33. The lowest BCUT2D eigenvalue weighted by Gasteiger charge is -2.12. The summed E-state index contributed by atoms with van der Waals surface area (Å²) in [6.07, 6.45) is -1.10. The number of hydrogen-bond acceptors (Lipinski definition) is 5. The molecule has 0 fully saturated rings. The summed E-state index contributed by atoms with van der Waals surface area (Å²) < 4.78 is 5.17. The molecule has 0 bridgehead atoms. The van der Waals surface area contributed by atoms with Gasteiger partial charge in [-0.3, -0.25) is 9.59 Å². The number of hydrogen-bond donors (Lipinski definition) is 2. The Labute approximate surface area is 108 Å². The largest absolute Gasteiger partial charge is 0.504 e. The van der Waals surface area contributed by atoms with Gasteiger partial charge in [0.2, 0.25) is 11.6 Å². The van der Waals surface area contributed by atoms with Crippen molar-refractivity contribution in [2.45, 2.75) is 13.0 Å². The van der Waals surface area contributed by atoms with Crippen molar-refractivity contribution in [1.82, 2.24) is 0 Å². The minimum atomic E-state index is -1.10. The van der Waals surface area contributed by atoms with Crippen LogP contribution in [0.2, 0.25) is 0 Å². The first-order valence-corrected chi connectivity index (χ1v) is 5.74. The van der Waals surface area contributed by atoms with Crippen LogP contribution in [0, 0.1) is 0 Å². The fourth-order valence-electron chi connectivity index (χ4n) is 2.23. The van der Waals surface area contributed by atoms with Crippen molar-refractivity contribution in [3.05, 3.63) is 52.5 Å². The first-order chi connectivity index (χ1) is 9.02. The summed E-state index contributed by atoms with van der Waals surface area (Å²) in [5, 5.41) is 19.4. The van der Waals surface area contributed by atoms with Gasteiger partial charge in [-0.1, -0.05) is 24.3 Å². The van der Waals surface area contributed by atoms with Gasteiger partial charge in [-0.2, -0.15) is 0 Å². The summed E-state index contributed by atoms with van der Waals surface area (Å²) in [5.74, 6) is -1.78. The Bertz CT molecular complexity index is 709. The molecule has 1 atom stereocenters. The van der Waals surface area contributed by atoms with Gasteiger partial charge in [-0.25, -0.2) is 0 Å². The molecule has 5 heteroatoms. The number of carbonyl (C=O) groups excluding carboxylic acids is 2. The maximum Gasteiger partial charge on any atom is 0.229 e.